The quantitative estimate of drug-likeness (QED) is 0.671. The summed E-state index contributed by atoms with van der Waals surface area (Å²) in [6.45, 7) is 0.242. The summed E-state index contributed by atoms with van der Waals surface area (Å²) in [5, 5.41) is 11.1. The molecule has 1 aromatic heterocycles. The van der Waals surface area contributed by atoms with Gasteiger partial charge in [-0.25, -0.2) is 4.39 Å². The van der Waals surface area contributed by atoms with Crippen LogP contribution in [-0.2, 0) is 6.54 Å². The molecule has 0 radical (unpaired) electrons. The van der Waals surface area contributed by atoms with E-state index < -0.39 is 0 Å². The number of rotatable bonds is 4. The van der Waals surface area contributed by atoms with E-state index in [1.54, 1.807) is 29.2 Å². The van der Waals surface area contributed by atoms with Crippen LogP contribution in [0.2, 0.25) is 5.02 Å². The van der Waals surface area contributed by atoms with E-state index in [2.05, 4.69) is 15.7 Å². The van der Waals surface area contributed by atoms with Gasteiger partial charge in [0.25, 0.3) is 0 Å². The first kappa shape index (κ1) is 16.4. The maximum Gasteiger partial charge on any atom is 0.175 e. The SMILES string of the molecule is Fc1cccc(Cl)c1Cn1cc(NC(=S)Nc2ccccc2)cn1. The molecule has 0 bridgehead atoms. The minimum atomic E-state index is -0.353. The predicted octanol–water partition coefficient (Wildman–Crippen LogP) is 4.53. The fourth-order valence-electron chi connectivity index (χ4n) is 2.17. The average Bonchev–Trinajstić information content (AvgIpc) is 2.99. The van der Waals surface area contributed by atoms with Crippen LogP contribution in [0.1, 0.15) is 5.56 Å². The molecule has 2 aromatic carbocycles. The van der Waals surface area contributed by atoms with E-state index in [-0.39, 0.29) is 12.4 Å². The monoisotopic (exact) mass is 360 g/mol. The number of nitrogens with zero attached hydrogens (tertiary/aromatic N) is 2. The van der Waals surface area contributed by atoms with Crippen LogP contribution >= 0.6 is 23.8 Å². The standard InChI is InChI=1S/C17H14ClFN4S/c18-15-7-4-8-16(19)14(15)11-23-10-13(9-20-23)22-17(24)21-12-5-2-1-3-6-12/h1-10H,11H2,(H2,21,22,24). The van der Waals surface area contributed by atoms with E-state index in [1.165, 1.54) is 6.07 Å². The maximum atomic E-state index is 13.8. The van der Waals surface area contributed by atoms with Gasteiger partial charge in [0.05, 0.1) is 18.4 Å². The van der Waals surface area contributed by atoms with Gasteiger partial charge in [-0.2, -0.15) is 5.10 Å². The highest BCUT2D eigenvalue weighted by Gasteiger charge is 2.09. The number of para-hydroxylation sites is 1. The Labute approximate surface area is 149 Å². The van der Waals surface area contributed by atoms with E-state index in [9.17, 15) is 4.39 Å². The van der Waals surface area contributed by atoms with Crippen molar-refractivity contribution in [1.29, 1.82) is 0 Å². The third-order valence-electron chi connectivity index (χ3n) is 3.30. The van der Waals surface area contributed by atoms with E-state index >= 15 is 0 Å². The van der Waals surface area contributed by atoms with Gasteiger partial charge in [-0.05, 0) is 36.5 Å². The zero-order chi connectivity index (χ0) is 16.9. The molecule has 0 saturated heterocycles. The smallest absolute Gasteiger partial charge is 0.175 e. The molecule has 7 heteroatoms. The van der Waals surface area contributed by atoms with Crippen LogP contribution in [0.15, 0.2) is 60.9 Å². The molecule has 122 valence electrons. The lowest BCUT2D eigenvalue weighted by atomic mass is 10.2. The minimum absolute atomic E-state index is 0.242. The summed E-state index contributed by atoms with van der Waals surface area (Å²) >= 11 is 11.3. The van der Waals surface area contributed by atoms with Crippen molar-refractivity contribution in [2.24, 2.45) is 0 Å². The van der Waals surface area contributed by atoms with Gasteiger partial charge in [-0.15, -0.1) is 0 Å². The van der Waals surface area contributed by atoms with E-state index in [0.717, 1.165) is 5.69 Å². The molecule has 0 spiro atoms. The first-order chi connectivity index (χ1) is 11.6. The average molecular weight is 361 g/mol. The Morgan fingerprint density at radius 2 is 1.83 bits per heavy atom. The second-order valence-electron chi connectivity index (χ2n) is 5.07. The van der Waals surface area contributed by atoms with Crippen molar-refractivity contribution >= 4 is 40.3 Å². The van der Waals surface area contributed by atoms with E-state index in [1.807, 2.05) is 30.3 Å². The minimum Gasteiger partial charge on any atom is -0.332 e. The van der Waals surface area contributed by atoms with Gasteiger partial charge < -0.3 is 10.6 Å². The van der Waals surface area contributed by atoms with Crippen LogP contribution in [0.5, 0.6) is 0 Å². The highest BCUT2D eigenvalue weighted by Crippen LogP contribution is 2.20. The molecular weight excluding hydrogens is 347 g/mol. The summed E-state index contributed by atoms with van der Waals surface area (Å²) in [4.78, 5) is 0. The van der Waals surface area contributed by atoms with Crippen molar-refractivity contribution in [1.82, 2.24) is 9.78 Å². The molecule has 4 nitrogen and oxygen atoms in total. The summed E-state index contributed by atoms with van der Waals surface area (Å²) in [6.07, 6.45) is 3.36. The second-order valence-corrected chi connectivity index (χ2v) is 5.89. The Bertz CT molecular complexity index is 831. The molecule has 0 aliphatic rings. The summed E-state index contributed by atoms with van der Waals surface area (Å²) in [5.41, 5.74) is 2.00. The van der Waals surface area contributed by atoms with Crippen LogP contribution in [0.4, 0.5) is 15.8 Å². The van der Waals surface area contributed by atoms with Crippen molar-refractivity contribution in [3.63, 3.8) is 0 Å². The molecule has 24 heavy (non-hydrogen) atoms. The number of hydrogen-bond acceptors (Lipinski definition) is 2. The molecule has 0 aliphatic carbocycles. The third kappa shape index (κ3) is 4.10. The van der Waals surface area contributed by atoms with Gasteiger partial charge in [0, 0.05) is 22.5 Å². The fraction of sp³-hybridized carbons (Fsp3) is 0.0588. The summed E-state index contributed by atoms with van der Waals surface area (Å²) in [6, 6.07) is 14.2. The largest absolute Gasteiger partial charge is 0.332 e. The molecule has 0 amide bonds. The molecule has 0 saturated carbocycles. The lowest BCUT2D eigenvalue weighted by molar-refractivity contribution is 0.585. The topological polar surface area (TPSA) is 41.9 Å². The van der Waals surface area contributed by atoms with Crippen molar-refractivity contribution in [2.45, 2.75) is 6.54 Å². The van der Waals surface area contributed by atoms with Crippen molar-refractivity contribution < 1.29 is 4.39 Å². The van der Waals surface area contributed by atoms with Crippen LogP contribution in [0, 0.1) is 5.82 Å². The lowest BCUT2D eigenvalue weighted by Crippen LogP contribution is -2.18. The number of aromatic nitrogens is 2. The van der Waals surface area contributed by atoms with Gasteiger partial charge in [-0.3, -0.25) is 4.68 Å². The summed E-state index contributed by atoms with van der Waals surface area (Å²) in [5.74, 6) is -0.353. The van der Waals surface area contributed by atoms with Gasteiger partial charge in [0.2, 0.25) is 0 Å². The van der Waals surface area contributed by atoms with Crippen LogP contribution < -0.4 is 10.6 Å². The molecule has 3 aromatic rings. The summed E-state index contributed by atoms with van der Waals surface area (Å²) < 4.78 is 15.4. The third-order valence-corrected chi connectivity index (χ3v) is 3.86. The normalized spacial score (nSPS) is 10.4. The van der Waals surface area contributed by atoms with Gasteiger partial charge in [0.1, 0.15) is 5.82 Å². The highest BCUT2D eigenvalue weighted by atomic mass is 35.5. The Hall–Kier alpha value is -2.44. The summed E-state index contributed by atoms with van der Waals surface area (Å²) in [7, 11) is 0. The zero-order valence-corrected chi connectivity index (χ0v) is 14.1. The number of hydrogen-bond donors (Lipinski definition) is 2. The van der Waals surface area contributed by atoms with Crippen LogP contribution in [-0.4, -0.2) is 14.9 Å². The highest BCUT2D eigenvalue weighted by molar-refractivity contribution is 7.80. The first-order valence-electron chi connectivity index (χ1n) is 7.20. The zero-order valence-electron chi connectivity index (χ0n) is 12.5. The number of nitrogens with one attached hydrogen (secondary N) is 2. The number of thiocarbonyl (C=S) groups is 1. The van der Waals surface area contributed by atoms with Crippen LogP contribution in [0.3, 0.4) is 0 Å². The number of anilines is 2. The molecule has 2 N–H and O–H groups in total. The lowest BCUT2D eigenvalue weighted by Gasteiger charge is -2.08. The molecule has 1 heterocycles. The van der Waals surface area contributed by atoms with Gasteiger partial charge in [-0.1, -0.05) is 35.9 Å². The van der Waals surface area contributed by atoms with Crippen molar-refractivity contribution in [2.75, 3.05) is 10.6 Å². The van der Waals surface area contributed by atoms with Crippen LogP contribution in [0.25, 0.3) is 0 Å². The fourth-order valence-corrected chi connectivity index (χ4v) is 2.63. The number of halogens is 2. The predicted molar refractivity (Wildman–Crippen MR) is 99.0 cm³/mol. The molecule has 0 unspecified atom stereocenters. The molecule has 0 aliphatic heterocycles. The Morgan fingerprint density at radius 1 is 1.08 bits per heavy atom. The van der Waals surface area contributed by atoms with E-state index in [4.69, 9.17) is 23.8 Å². The molecule has 3 rings (SSSR count). The van der Waals surface area contributed by atoms with E-state index in [0.29, 0.717) is 21.4 Å². The Morgan fingerprint density at radius 3 is 2.58 bits per heavy atom. The first-order valence-corrected chi connectivity index (χ1v) is 7.99. The van der Waals surface area contributed by atoms with Crippen molar-refractivity contribution in [3.05, 3.63) is 77.3 Å². The second kappa shape index (κ2) is 7.42. The Balaban J connectivity index is 1.64. The van der Waals surface area contributed by atoms with Gasteiger partial charge >= 0.3 is 0 Å². The number of benzene rings is 2. The van der Waals surface area contributed by atoms with Crippen molar-refractivity contribution in [3.8, 4) is 0 Å². The molecular formula is C17H14ClFN4S. The Kier molecular flexibility index (Phi) is 5.08. The molecule has 0 fully saturated rings. The van der Waals surface area contributed by atoms with Gasteiger partial charge in [0.15, 0.2) is 5.11 Å². The molecule has 0 atom stereocenters. The maximum absolute atomic E-state index is 13.8.